The summed E-state index contributed by atoms with van der Waals surface area (Å²) in [6.45, 7) is 1.57. The van der Waals surface area contributed by atoms with E-state index in [2.05, 4.69) is 15.6 Å². The van der Waals surface area contributed by atoms with E-state index in [1.165, 1.54) is 21.9 Å². The Hall–Kier alpha value is -1.48. The van der Waals surface area contributed by atoms with Gasteiger partial charge < -0.3 is 15.4 Å². The van der Waals surface area contributed by atoms with Gasteiger partial charge in [-0.05, 0) is 19.3 Å². The standard InChI is InChI=1S/C15H18N4O3S.ClH/c20-13(9-1-2-12-10(7-9)16-3-5-22-12)18-11-8-17-15-19(14(11)21)4-6-23-15;/h4,6,8-10,12,16H,1-3,5,7H2,(H,18,20);1H/t9-,10+,12+;/m0./s1. The van der Waals surface area contributed by atoms with Crippen molar-refractivity contribution < 1.29 is 9.53 Å². The summed E-state index contributed by atoms with van der Waals surface area (Å²) in [7, 11) is 0. The highest BCUT2D eigenvalue weighted by Crippen LogP contribution is 2.29. The van der Waals surface area contributed by atoms with Crippen LogP contribution < -0.4 is 16.2 Å². The maximum atomic E-state index is 12.5. The van der Waals surface area contributed by atoms with Crippen molar-refractivity contribution in [3.05, 3.63) is 28.1 Å². The Morgan fingerprint density at radius 1 is 1.46 bits per heavy atom. The number of morpholine rings is 1. The van der Waals surface area contributed by atoms with Gasteiger partial charge in [0.25, 0.3) is 5.56 Å². The molecular weight excluding hydrogens is 352 g/mol. The molecule has 2 aliphatic rings. The van der Waals surface area contributed by atoms with Crippen molar-refractivity contribution in [2.75, 3.05) is 18.5 Å². The van der Waals surface area contributed by atoms with E-state index in [-0.39, 0.29) is 47.6 Å². The molecule has 2 aromatic rings. The first kappa shape index (κ1) is 17.3. The van der Waals surface area contributed by atoms with Crippen LogP contribution in [0.2, 0.25) is 0 Å². The fraction of sp³-hybridized carbons (Fsp3) is 0.533. The van der Waals surface area contributed by atoms with Crippen LogP contribution >= 0.6 is 23.7 Å². The molecule has 0 radical (unpaired) electrons. The van der Waals surface area contributed by atoms with E-state index in [4.69, 9.17) is 4.74 Å². The van der Waals surface area contributed by atoms with Gasteiger partial charge in [-0.25, -0.2) is 4.98 Å². The number of thiazole rings is 1. The largest absolute Gasteiger partial charge is 0.375 e. The van der Waals surface area contributed by atoms with Gasteiger partial charge in [0.15, 0.2) is 4.96 Å². The Labute approximate surface area is 148 Å². The second-order valence-electron chi connectivity index (χ2n) is 6.00. The lowest BCUT2D eigenvalue weighted by molar-refractivity contribution is -0.123. The number of carbonyl (C=O) groups is 1. The minimum Gasteiger partial charge on any atom is -0.375 e. The Morgan fingerprint density at radius 2 is 2.33 bits per heavy atom. The molecule has 0 aromatic carbocycles. The molecule has 130 valence electrons. The SMILES string of the molecule is Cl.O=C(Nc1cnc2sccn2c1=O)[C@H]1CC[C@H]2OCCN[C@@H]2C1. The Kier molecular flexibility index (Phi) is 5.19. The molecule has 4 rings (SSSR count). The third-order valence-electron chi connectivity index (χ3n) is 4.60. The maximum absolute atomic E-state index is 12.5. The smallest absolute Gasteiger partial charge is 0.282 e. The van der Waals surface area contributed by atoms with Crippen LogP contribution in [0.25, 0.3) is 4.96 Å². The van der Waals surface area contributed by atoms with Crippen LogP contribution in [-0.4, -0.2) is 40.6 Å². The number of hydrogen-bond acceptors (Lipinski definition) is 6. The number of amides is 1. The summed E-state index contributed by atoms with van der Waals surface area (Å²) in [5.74, 6) is -0.210. The molecule has 9 heteroatoms. The van der Waals surface area contributed by atoms with Crippen molar-refractivity contribution in [2.24, 2.45) is 5.92 Å². The third kappa shape index (κ3) is 3.19. The van der Waals surface area contributed by atoms with Crippen LogP contribution in [0.5, 0.6) is 0 Å². The van der Waals surface area contributed by atoms with Gasteiger partial charge in [0, 0.05) is 30.1 Å². The van der Waals surface area contributed by atoms with Crippen LogP contribution in [0.15, 0.2) is 22.6 Å². The molecule has 0 spiro atoms. The van der Waals surface area contributed by atoms with Crippen molar-refractivity contribution in [2.45, 2.75) is 31.4 Å². The van der Waals surface area contributed by atoms with E-state index in [0.29, 0.717) is 4.96 Å². The van der Waals surface area contributed by atoms with Crippen LogP contribution in [-0.2, 0) is 9.53 Å². The number of halogens is 1. The molecule has 3 heterocycles. The summed E-state index contributed by atoms with van der Waals surface area (Å²) in [6.07, 6.45) is 5.72. The van der Waals surface area contributed by atoms with Gasteiger partial charge in [0.1, 0.15) is 5.69 Å². The number of aromatic nitrogens is 2. The molecule has 0 bridgehead atoms. The Morgan fingerprint density at radius 3 is 3.21 bits per heavy atom. The average Bonchev–Trinajstić information content (AvgIpc) is 3.06. The molecule has 1 saturated carbocycles. The number of hydrogen-bond donors (Lipinski definition) is 2. The molecule has 1 amide bonds. The maximum Gasteiger partial charge on any atom is 0.282 e. The molecule has 7 nitrogen and oxygen atoms in total. The van der Waals surface area contributed by atoms with Gasteiger partial charge >= 0.3 is 0 Å². The normalized spacial score (nSPS) is 26.4. The van der Waals surface area contributed by atoms with Crippen LogP contribution in [0.3, 0.4) is 0 Å². The van der Waals surface area contributed by atoms with Gasteiger partial charge in [-0.15, -0.1) is 23.7 Å². The molecule has 0 unspecified atom stereocenters. The van der Waals surface area contributed by atoms with Crippen LogP contribution in [0.1, 0.15) is 19.3 Å². The first-order chi connectivity index (χ1) is 11.2. The molecule has 24 heavy (non-hydrogen) atoms. The molecule has 2 fully saturated rings. The zero-order chi connectivity index (χ0) is 15.8. The van der Waals surface area contributed by atoms with Crippen molar-refractivity contribution in [3.8, 4) is 0 Å². The molecule has 3 atom stereocenters. The number of fused-ring (bicyclic) bond motifs is 2. The Balaban J connectivity index is 0.00000169. The minimum absolute atomic E-state index is 0. The van der Waals surface area contributed by atoms with Gasteiger partial charge in [0.05, 0.1) is 18.9 Å². The van der Waals surface area contributed by atoms with Crippen molar-refractivity contribution in [1.29, 1.82) is 0 Å². The highest BCUT2D eigenvalue weighted by molar-refractivity contribution is 7.15. The summed E-state index contributed by atoms with van der Waals surface area (Å²) in [4.78, 5) is 29.7. The third-order valence-corrected chi connectivity index (χ3v) is 5.37. The van der Waals surface area contributed by atoms with Gasteiger partial charge in [-0.1, -0.05) is 0 Å². The predicted molar refractivity (Wildman–Crippen MR) is 94.1 cm³/mol. The summed E-state index contributed by atoms with van der Waals surface area (Å²) < 4.78 is 7.18. The van der Waals surface area contributed by atoms with E-state index in [0.717, 1.165) is 32.4 Å². The van der Waals surface area contributed by atoms with E-state index >= 15 is 0 Å². The Bertz CT molecular complexity index is 792. The van der Waals surface area contributed by atoms with Crippen molar-refractivity contribution >= 4 is 40.3 Å². The number of anilines is 1. The van der Waals surface area contributed by atoms with E-state index in [1.807, 2.05) is 0 Å². The molecular formula is C15H19ClN4O3S. The highest BCUT2D eigenvalue weighted by Gasteiger charge is 2.36. The predicted octanol–water partition coefficient (Wildman–Crippen LogP) is 1.27. The molecule has 1 aliphatic heterocycles. The summed E-state index contributed by atoms with van der Waals surface area (Å²) in [6, 6.07) is 0.229. The second-order valence-corrected chi connectivity index (χ2v) is 6.87. The van der Waals surface area contributed by atoms with Gasteiger partial charge in [0.2, 0.25) is 5.91 Å². The number of rotatable bonds is 2. The lowest BCUT2D eigenvalue weighted by Crippen LogP contribution is -2.52. The summed E-state index contributed by atoms with van der Waals surface area (Å²) >= 11 is 1.39. The molecule has 1 aliphatic carbocycles. The van der Waals surface area contributed by atoms with E-state index < -0.39 is 0 Å². The number of carbonyl (C=O) groups excluding carboxylic acids is 1. The first-order valence-electron chi connectivity index (χ1n) is 7.83. The summed E-state index contributed by atoms with van der Waals surface area (Å²) in [5.41, 5.74) is -0.00159. The number of nitrogens with one attached hydrogen (secondary N) is 2. The topological polar surface area (TPSA) is 84.7 Å². The van der Waals surface area contributed by atoms with E-state index in [9.17, 15) is 9.59 Å². The summed E-state index contributed by atoms with van der Waals surface area (Å²) in [5, 5.41) is 7.98. The lowest BCUT2D eigenvalue weighted by atomic mass is 9.82. The molecule has 2 aromatic heterocycles. The van der Waals surface area contributed by atoms with Gasteiger partial charge in [-0.3, -0.25) is 14.0 Å². The van der Waals surface area contributed by atoms with Crippen molar-refractivity contribution in [1.82, 2.24) is 14.7 Å². The van der Waals surface area contributed by atoms with Crippen molar-refractivity contribution in [3.63, 3.8) is 0 Å². The van der Waals surface area contributed by atoms with E-state index in [1.54, 1.807) is 11.6 Å². The number of nitrogens with zero attached hydrogens (tertiary/aromatic N) is 2. The second kappa shape index (κ2) is 7.18. The zero-order valence-electron chi connectivity index (χ0n) is 12.9. The first-order valence-corrected chi connectivity index (χ1v) is 8.71. The quantitative estimate of drug-likeness (QED) is 0.831. The highest BCUT2D eigenvalue weighted by atomic mass is 35.5. The fourth-order valence-corrected chi connectivity index (χ4v) is 4.07. The molecule has 1 saturated heterocycles. The average molecular weight is 371 g/mol. The monoisotopic (exact) mass is 370 g/mol. The molecule has 2 N–H and O–H groups in total. The minimum atomic E-state index is -0.239. The zero-order valence-corrected chi connectivity index (χ0v) is 14.6. The van der Waals surface area contributed by atoms with Gasteiger partial charge in [-0.2, -0.15) is 0 Å². The fourth-order valence-electron chi connectivity index (χ4n) is 3.39. The van der Waals surface area contributed by atoms with Crippen LogP contribution in [0.4, 0.5) is 5.69 Å². The van der Waals surface area contributed by atoms with Crippen LogP contribution in [0, 0.1) is 5.92 Å². The lowest BCUT2D eigenvalue weighted by Gasteiger charge is -2.39. The number of ether oxygens (including phenoxy) is 1.